The Bertz CT molecular complexity index is 870. The minimum Gasteiger partial charge on any atom is -0.466 e. The van der Waals surface area contributed by atoms with E-state index in [9.17, 15) is 27.6 Å². The Kier molecular flexibility index (Phi) is 5.87. The van der Waals surface area contributed by atoms with Gasteiger partial charge in [0.1, 0.15) is 5.83 Å². The van der Waals surface area contributed by atoms with Crippen molar-refractivity contribution in [3.8, 4) is 6.07 Å². The smallest absolute Gasteiger partial charge is 0.413 e. The summed E-state index contributed by atoms with van der Waals surface area (Å²) in [7, 11) is 1.16. The fraction of sp³-hybridized carbons (Fsp3) is 0.524. The zero-order valence-corrected chi connectivity index (χ0v) is 16.2. The Labute approximate surface area is 166 Å². The highest BCUT2D eigenvalue weighted by Crippen LogP contribution is 2.48. The van der Waals surface area contributed by atoms with Gasteiger partial charge in [-0.3, -0.25) is 0 Å². The molecule has 1 saturated carbocycles. The zero-order chi connectivity index (χ0) is 21.3. The predicted octanol–water partition coefficient (Wildman–Crippen LogP) is 4.98. The van der Waals surface area contributed by atoms with Gasteiger partial charge in [0.15, 0.2) is 0 Å². The third-order valence-electron chi connectivity index (χ3n) is 5.70. The Balaban J connectivity index is 2.11. The van der Waals surface area contributed by atoms with E-state index in [0.717, 1.165) is 32.4 Å². The molecule has 0 spiro atoms. The van der Waals surface area contributed by atoms with Gasteiger partial charge in [0.05, 0.1) is 24.3 Å². The lowest BCUT2D eigenvalue weighted by Gasteiger charge is -2.36. The summed E-state index contributed by atoms with van der Waals surface area (Å²) in [6.45, 7) is 1.60. The molecule has 0 aromatic carbocycles. The van der Waals surface area contributed by atoms with Crippen LogP contribution in [0.25, 0.3) is 0 Å². The summed E-state index contributed by atoms with van der Waals surface area (Å²) in [5.41, 5.74) is -0.107. The summed E-state index contributed by atoms with van der Waals surface area (Å²) in [5, 5.41) is 12.7. The van der Waals surface area contributed by atoms with Crippen molar-refractivity contribution >= 4 is 5.97 Å². The quantitative estimate of drug-likeness (QED) is 0.513. The van der Waals surface area contributed by atoms with Crippen molar-refractivity contribution in [3.05, 3.63) is 46.1 Å². The maximum Gasteiger partial charge on any atom is 0.413 e. The Morgan fingerprint density at radius 3 is 2.62 bits per heavy atom. The Morgan fingerprint density at radius 1 is 1.38 bits per heavy atom. The molecule has 1 aliphatic heterocycles. The second-order valence-corrected chi connectivity index (χ2v) is 7.65. The number of allylic oxidation sites excluding steroid dienone is 7. The number of nitrogens with zero attached hydrogens (tertiary/aromatic N) is 1. The van der Waals surface area contributed by atoms with Crippen LogP contribution in [0.2, 0.25) is 0 Å². The lowest BCUT2D eigenvalue weighted by atomic mass is 9.70. The minimum absolute atomic E-state index is 0.0335. The Hall–Kier alpha value is -2.56. The summed E-state index contributed by atoms with van der Waals surface area (Å²) < 4.78 is 59.7. The molecule has 0 aromatic rings. The second kappa shape index (κ2) is 8.05. The normalized spacial score (nSPS) is 25.1. The lowest BCUT2D eigenvalue weighted by molar-refractivity contribution is -0.137. The molecule has 2 aliphatic carbocycles. The summed E-state index contributed by atoms with van der Waals surface area (Å²) in [5.74, 6) is -3.64. The van der Waals surface area contributed by atoms with E-state index in [2.05, 4.69) is 5.32 Å². The molecule has 3 aliphatic rings. The molecule has 2 unspecified atom stereocenters. The standard InChI is InChI=1S/C21H22F4N2O2/c1-11-15(10-26)18(14-7-6-13(22)9-16(14)21(23,24)25)19(20(28)29-2)17(27-11)8-5-12-3-4-12/h6,9,12,14,18,27H,3-5,7-8H2,1-2H3. The van der Waals surface area contributed by atoms with Crippen molar-refractivity contribution in [2.24, 2.45) is 17.8 Å². The number of rotatable bonds is 5. The van der Waals surface area contributed by atoms with Crippen molar-refractivity contribution in [2.45, 2.75) is 45.2 Å². The van der Waals surface area contributed by atoms with Gasteiger partial charge in [-0.2, -0.15) is 18.4 Å². The van der Waals surface area contributed by atoms with Gasteiger partial charge in [0.25, 0.3) is 0 Å². The van der Waals surface area contributed by atoms with Gasteiger partial charge in [-0.05, 0) is 44.3 Å². The molecule has 0 aromatic heterocycles. The number of alkyl halides is 3. The van der Waals surface area contributed by atoms with E-state index >= 15 is 0 Å². The predicted molar refractivity (Wildman–Crippen MR) is 97.4 cm³/mol. The number of nitriles is 1. The monoisotopic (exact) mass is 410 g/mol. The summed E-state index contributed by atoms with van der Waals surface area (Å²) in [6, 6.07) is 1.96. The number of hydrogen-bond acceptors (Lipinski definition) is 4. The van der Waals surface area contributed by atoms with E-state index in [-0.39, 0.29) is 17.6 Å². The molecule has 156 valence electrons. The van der Waals surface area contributed by atoms with Crippen LogP contribution in [-0.4, -0.2) is 19.3 Å². The van der Waals surface area contributed by atoms with Crippen LogP contribution in [0.4, 0.5) is 17.6 Å². The maximum atomic E-state index is 13.7. The van der Waals surface area contributed by atoms with Gasteiger partial charge in [-0.25, -0.2) is 9.18 Å². The first kappa shape index (κ1) is 21.2. The number of halogens is 4. The fourth-order valence-electron chi connectivity index (χ4n) is 4.08. The molecule has 0 amide bonds. The molecule has 8 heteroatoms. The molecule has 2 atom stereocenters. The number of dihydropyridines is 1. The number of ether oxygens (including phenoxy) is 1. The molecule has 0 radical (unpaired) electrons. The molecular formula is C21H22F4N2O2. The molecule has 3 rings (SSSR count). The van der Waals surface area contributed by atoms with Crippen molar-refractivity contribution in [2.75, 3.05) is 7.11 Å². The van der Waals surface area contributed by atoms with Gasteiger partial charge in [-0.15, -0.1) is 0 Å². The topological polar surface area (TPSA) is 62.1 Å². The van der Waals surface area contributed by atoms with Gasteiger partial charge in [0, 0.05) is 28.8 Å². The Morgan fingerprint density at radius 2 is 2.07 bits per heavy atom. The van der Waals surface area contributed by atoms with E-state index in [1.54, 1.807) is 6.92 Å². The van der Waals surface area contributed by atoms with Crippen molar-refractivity contribution in [1.82, 2.24) is 5.32 Å². The van der Waals surface area contributed by atoms with Crippen LogP contribution in [0.3, 0.4) is 0 Å². The van der Waals surface area contributed by atoms with Crippen molar-refractivity contribution in [1.29, 1.82) is 5.26 Å². The van der Waals surface area contributed by atoms with E-state index in [1.165, 1.54) is 0 Å². The highest BCUT2D eigenvalue weighted by molar-refractivity contribution is 5.91. The largest absolute Gasteiger partial charge is 0.466 e. The summed E-state index contributed by atoms with van der Waals surface area (Å²) >= 11 is 0. The first-order valence-corrected chi connectivity index (χ1v) is 9.51. The number of carbonyl (C=O) groups excluding carboxylic acids is 1. The average molecular weight is 410 g/mol. The molecule has 1 heterocycles. The molecule has 0 saturated heterocycles. The average Bonchev–Trinajstić information content (AvgIpc) is 3.49. The molecule has 1 fully saturated rings. The van der Waals surface area contributed by atoms with E-state index in [4.69, 9.17) is 4.74 Å². The van der Waals surface area contributed by atoms with E-state index in [0.29, 0.717) is 29.8 Å². The van der Waals surface area contributed by atoms with E-state index < -0.39 is 35.4 Å². The highest BCUT2D eigenvalue weighted by Gasteiger charge is 2.48. The maximum absolute atomic E-state index is 13.7. The third kappa shape index (κ3) is 4.39. The van der Waals surface area contributed by atoms with Gasteiger partial charge in [-0.1, -0.05) is 12.8 Å². The van der Waals surface area contributed by atoms with Crippen molar-refractivity contribution in [3.63, 3.8) is 0 Å². The first-order chi connectivity index (χ1) is 13.7. The molecular weight excluding hydrogens is 388 g/mol. The SMILES string of the molecule is COC(=O)C1=C(CCC2CC2)NC(C)=C(C#N)C1C1CC=C(F)C=C1C(F)(F)F. The van der Waals surface area contributed by atoms with Crippen LogP contribution in [0.5, 0.6) is 0 Å². The van der Waals surface area contributed by atoms with Crippen LogP contribution >= 0.6 is 0 Å². The summed E-state index contributed by atoms with van der Waals surface area (Å²) in [4.78, 5) is 12.6. The van der Waals surface area contributed by atoms with Crippen LogP contribution in [-0.2, 0) is 9.53 Å². The van der Waals surface area contributed by atoms with Gasteiger partial charge in [0.2, 0.25) is 0 Å². The first-order valence-electron chi connectivity index (χ1n) is 9.51. The number of nitrogens with one attached hydrogen (secondary N) is 1. The third-order valence-corrected chi connectivity index (χ3v) is 5.70. The number of carbonyl (C=O) groups is 1. The number of hydrogen-bond donors (Lipinski definition) is 1. The van der Waals surface area contributed by atoms with Crippen molar-refractivity contribution < 1.29 is 27.1 Å². The minimum atomic E-state index is -4.79. The molecule has 29 heavy (non-hydrogen) atoms. The van der Waals surface area contributed by atoms with Crippen LogP contribution in [0, 0.1) is 29.1 Å². The van der Waals surface area contributed by atoms with E-state index in [1.807, 2.05) is 6.07 Å². The summed E-state index contributed by atoms with van der Waals surface area (Å²) in [6.07, 6.45) is -0.0754. The molecule has 0 bridgehead atoms. The molecule has 4 nitrogen and oxygen atoms in total. The van der Waals surface area contributed by atoms with Gasteiger partial charge >= 0.3 is 12.1 Å². The zero-order valence-electron chi connectivity index (χ0n) is 16.2. The lowest BCUT2D eigenvalue weighted by Crippen LogP contribution is -2.37. The second-order valence-electron chi connectivity index (χ2n) is 7.65. The fourth-order valence-corrected chi connectivity index (χ4v) is 4.08. The van der Waals surface area contributed by atoms with Crippen LogP contribution in [0.1, 0.15) is 39.0 Å². The molecule has 1 N–H and O–H groups in total. The van der Waals surface area contributed by atoms with Crippen LogP contribution in [0.15, 0.2) is 46.1 Å². The number of methoxy groups -OCH3 is 1. The van der Waals surface area contributed by atoms with Crippen LogP contribution < -0.4 is 5.32 Å². The number of esters is 1. The highest BCUT2D eigenvalue weighted by atomic mass is 19.4. The van der Waals surface area contributed by atoms with Gasteiger partial charge < -0.3 is 10.1 Å².